The highest BCUT2D eigenvalue weighted by Gasteiger charge is 2.32. The molecule has 1 fully saturated rings. The summed E-state index contributed by atoms with van der Waals surface area (Å²) >= 11 is 6.42. The van der Waals surface area contributed by atoms with Crippen molar-refractivity contribution in [3.05, 3.63) is 88.4 Å². The third-order valence-electron chi connectivity index (χ3n) is 6.55. The minimum absolute atomic E-state index is 0.184. The summed E-state index contributed by atoms with van der Waals surface area (Å²) in [5, 5.41) is 10.1. The van der Waals surface area contributed by atoms with Gasteiger partial charge in [-0.1, -0.05) is 48.0 Å². The molecule has 36 heavy (non-hydrogen) atoms. The van der Waals surface area contributed by atoms with E-state index in [1.54, 1.807) is 7.11 Å². The van der Waals surface area contributed by atoms with Crippen molar-refractivity contribution < 1.29 is 24.1 Å². The number of hydrogen-bond donors (Lipinski definition) is 1. The standard InChI is InChI=1S/C29H32ClNO5/c1-3-35-27-17-22(9-11-26(27)36-19-20-7-5-4-6-8-20)28(24-18-23(30)10-12-25(24)34-2)31-15-13-21(14-16-31)29(32)33/h4-12,17-18,21,28H,3,13-16,19H2,1-2H3,(H,32,33). The number of benzene rings is 3. The normalized spacial score (nSPS) is 15.3. The number of halogens is 1. The SMILES string of the molecule is CCOc1cc(C(c2cc(Cl)ccc2OC)N2CCC(C(=O)O)CC2)ccc1OCc1ccccc1. The van der Waals surface area contributed by atoms with Crippen LogP contribution in [0.25, 0.3) is 0 Å². The van der Waals surface area contributed by atoms with Crippen LogP contribution in [0.2, 0.25) is 5.02 Å². The second-order valence-corrected chi connectivity index (χ2v) is 9.29. The van der Waals surface area contributed by atoms with Gasteiger partial charge in [0.1, 0.15) is 12.4 Å². The molecule has 6 nitrogen and oxygen atoms in total. The maximum absolute atomic E-state index is 11.5. The van der Waals surface area contributed by atoms with E-state index in [-0.39, 0.29) is 12.0 Å². The van der Waals surface area contributed by atoms with Crippen LogP contribution in [0.5, 0.6) is 17.2 Å². The highest BCUT2D eigenvalue weighted by Crippen LogP contribution is 2.41. The Kier molecular flexibility index (Phi) is 8.73. The quantitative estimate of drug-likeness (QED) is 0.350. The molecule has 190 valence electrons. The van der Waals surface area contributed by atoms with Crippen molar-refractivity contribution in [2.75, 3.05) is 26.8 Å². The Morgan fingerprint density at radius 3 is 2.39 bits per heavy atom. The van der Waals surface area contributed by atoms with Gasteiger partial charge < -0.3 is 19.3 Å². The van der Waals surface area contributed by atoms with E-state index in [4.69, 9.17) is 25.8 Å². The highest BCUT2D eigenvalue weighted by atomic mass is 35.5. The molecule has 0 saturated carbocycles. The number of methoxy groups -OCH3 is 1. The van der Waals surface area contributed by atoms with Gasteiger partial charge in [0, 0.05) is 10.6 Å². The lowest BCUT2D eigenvalue weighted by atomic mass is 9.90. The number of likely N-dealkylation sites (tertiary alicyclic amines) is 1. The second kappa shape index (κ2) is 12.2. The van der Waals surface area contributed by atoms with Gasteiger partial charge in [-0.3, -0.25) is 9.69 Å². The van der Waals surface area contributed by atoms with Crippen molar-refractivity contribution in [1.82, 2.24) is 4.90 Å². The summed E-state index contributed by atoms with van der Waals surface area (Å²) in [6.07, 6.45) is 1.18. The number of carbonyl (C=O) groups is 1. The Morgan fingerprint density at radius 2 is 1.72 bits per heavy atom. The molecule has 3 aromatic carbocycles. The average molecular weight is 510 g/mol. The van der Waals surface area contributed by atoms with Gasteiger partial charge in [-0.05, 0) is 74.3 Å². The van der Waals surface area contributed by atoms with Crippen LogP contribution in [0.4, 0.5) is 0 Å². The fraction of sp³-hybridized carbons (Fsp3) is 0.345. The first-order chi connectivity index (χ1) is 17.5. The van der Waals surface area contributed by atoms with Gasteiger partial charge in [-0.15, -0.1) is 0 Å². The van der Waals surface area contributed by atoms with Crippen LogP contribution in [-0.2, 0) is 11.4 Å². The van der Waals surface area contributed by atoms with Gasteiger partial charge >= 0.3 is 5.97 Å². The molecule has 4 rings (SSSR count). The number of ether oxygens (including phenoxy) is 3. The number of nitrogens with zero attached hydrogens (tertiary/aromatic N) is 1. The summed E-state index contributed by atoms with van der Waals surface area (Å²) < 4.78 is 17.8. The third kappa shape index (κ3) is 6.12. The predicted octanol–water partition coefficient (Wildman–Crippen LogP) is 6.21. The average Bonchev–Trinajstić information content (AvgIpc) is 2.89. The smallest absolute Gasteiger partial charge is 0.306 e. The maximum Gasteiger partial charge on any atom is 0.306 e. The van der Waals surface area contributed by atoms with Gasteiger partial charge in [-0.2, -0.15) is 0 Å². The molecule has 1 saturated heterocycles. The number of aliphatic carboxylic acids is 1. The van der Waals surface area contributed by atoms with Crippen LogP contribution in [0.1, 0.15) is 42.5 Å². The fourth-order valence-electron chi connectivity index (χ4n) is 4.73. The van der Waals surface area contributed by atoms with Crippen molar-refractivity contribution in [2.45, 2.75) is 32.4 Å². The molecule has 1 unspecified atom stereocenters. The van der Waals surface area contributed by atoms with Crippen molar-refractivity contribution in [2.24, 2.45) is 5.92 Å². The summed E-state index contributed by atoms with van der Waals surface area (Å²) in [6, 6.07) is 21.4. The van der Waals surface area contributed by atoms with E-state index < -0.39 is 5.97 Å². The number of carboxylic acids is 1. The van der Waals surface area contributed by atoms with Crippen molar-refractivity contribution >= 4 is 17.6 Å². The zero-order valence-corrected chi connectivity index (χ0v) is 21.4. The third-order valence-corrected chi connectivity index (χ3v) is 6.79. The van der Waals surface area contributed by atoms with Gasteiger partial charge in [0.15, 0.2) is 11.5 Å². The van der Waals surface area contributed by atoms with E-state index in [0.717, 1.165) is 22.4 Å². The summed E-state index contributed by atoms with van der Waals surface area (Å²) in [6.45, 7) is 4.18. The van der Waals surface area contributed by atoms with Crippen molar-refractivity contribution in [3.63, 3.8) is 0 Å². The Hall–Kier alpha value is -3.22. The molecule has 7 heteroatoms. The van der Waals surface area contributed by atoms with Crippen LogP contribution >= 0.6 is 11.6 Å². The molecule has 1 heterocycles. The first-order valence-electron chi connectivity index (χ1n) is 12.2. The lowest BCUT2D eigenvalue weighted by Crippen LogP contribution is -2.39. The highest BCUT2D eigenvalue weighted by molar-refractivity contribution is 6.30. The molecule has 3 aromatic rings. The fourth-order valence-corrected chi connectivity index (χ4v) is 4.91. The molecule has 0 amide bonds. The van der Waals surface area contributed by atoms with Gasteiger partial charge in [0.05, 0.1) is 25.7 Å². The molecule has 0 bridgehead atoms. The first-order valence-corrected chi connectivity index (χ1v) is 12.6. The molecule has 0 spiro atoms. The van der Waals surface area contributed by atoms with Crippen LogP contribution in [0, 0.1) is 5.92 Å². The van der Waals surface area contributed by atoms with Gasteiger partial charge in [0.25, 0.3) is 0 Å². The Labute approximate surface area is 217 Å². The van der Waals surface area contributed by atoms with Gasteiger partial charge in [-0.25, -0.2) is 0 Å². The molecule has 0 aromatic heterocycles. The molecule has 1 aliphatic heterocycles. The van der Waals surface area contributed by atoms with E-state index in [1.807, 2.05) is 73.7 Å². The second-order valence-electron chi connectivity index (χ2n) is 8.85. The molecular weight excluding hydrogens is 478 g/mol. The van der Waals surface area contributed by atoms with Crippen LogP contribution in [0.15, 0.2) is 66.7 Å². The van der Waals surface area contributed by atoms with Crippen LogP contribution in [-0.4, -0.2) is 42.8 Å². The minimum Gasteiger partial charge on any atom is -0.496 e. The lowest BCUT2D eigenvalue weighted by molar-refractivity contribution is -0.143. The summed E-state index contributed by atoms with van der Waals surface area (Å²) in [5.74, 6) is 1.01. The summed E-state index contributed by atoms with van der Waals surface area (Å²) in [7, 11) is 1.65. The topological polar surface area (TPSA) is 68.2 Å². The lowest BCUT2D eigenvalue weighted by Gasteiger charge is -2.37. The van der Waals surface area contributed by atoms with E-state index in [9.17, 15) is 9.90 Å². The first kappa shape index (κ1) is 25.9. The van der Waals surface area contributed by atoms with E-state index in [1.165, 1.54) is 0 Å². The largest absolute Gasteiger partial charge is 0.496 e. The molecular formula is C29H32ClNO5. The predicted molar refractivity (Wildman–Crippen MR) is 140 cm³/mol. The van der Waals surface area contributed by atoms with E-state index in [2.05, 4.69) is 4.90 Å². The number of rotatable bonds is 10. The molecule has 1 aliphatic rings. The number of hydrogen-bond acceptors (Lipinski definition) is 5. The Balaban J connectivity index is 1.69. The number of piperidine rings is 1. The van der Waals surface area contributed by atoms with Gasteiger partial charge in [0.2, 0.25) is 0 Å². The summed E-state index contributed by atoms with van der Waals surface area (Å²) in [5.41, 5.74) is 3.01. The number of carboxylic acid groups (broad SMARTS) is 1. The van der Waals surface area contributed by atoms with E-state index in [0.29, 0.717) is 55.7 Å². The zero-order chi connectivity index (χ0) is 25.5. The monoisotopic (exact) mass is 509 g/mol. The van der Waals surface area contributed by atoms with E-state index >= 15 is 0 Å². The van der Waals surface area contributed by atoms with Crippen molar-refractivity contribution in [1.29, 1.82) is 0 Å². The molecule has 0 aliphatic carbocycles. The Bertz CT molecular complexity index is 1160. The molecule has 1 N–H and O–H groups in total. The Morgan fingerprint density at radius 1 is 1.00 bits per heavy atom. The molecule has 1 atom stereocenters. The summed E-state index contributed by atoms with van der Waals surface area (Å²) in [4.78, 5) is 13.8. The van der Waals surface area contributed by atoms with Crippen molar-refractivity contribution in [3.8, 4) is 17.2 Å². The maximum atomic E-state index is 11.5. The van der Waals surface area contributed by atoms with Crippen LogP contribution in [0.3, 0.4) is 0 Å². The molecule has 0 radical (unpaired) electrons. The zero-order valence-electron chi connectivity index (χ0n) is 20.7. The minimum atomic E-state index is -0.731. The van der Waals surface area contributed by atoms with Crippen LogP contribution < -0.4 is 14.2 Å².